The van der Waals surface area contributed by atoms with Gasteiger partial charge < -0.3 is 14.5 Å². The van der Waals surface area contributed by atoms with Crippen LogP contribution in [0.1, 0.15) is 23.9 Å². The summed E-state index contributed by atoms with van der Waals surface area (Å²) >= 11 is 0. The normalized spacial score (nSPS) is 11.2. The molecular weight excluding hydrogens is 250 g/mol. The molecule has 0 saturated carbocycles. The average molecular weight is 267 g/mol. The highest BCUT2D eigenvalue weighted by atomic mass is 16.5. The number of methoxy groups -OCH3 is 1. The first-order valence-electron chi connectivity index (χ1n) is 5.76. The quantitative estimate of drug-likeness (QED) is 0.428. The molecule has 7 nitrogen and oxygen atoms in total. The molecule has 1 aromatic heterocycles. The third-order valence-corrected chi connectivity index (χ3v) is 2.14. The largest absolute Gasteiger partial charge is 0.459 e. The molecule has 0 fully saturated rings. The van der Waals surface area contributed by atoms with E-state index in [2.05, 4.69) is 15.8 Å². The van der Waals surface area contributed by atoms with Crippen molar-refractivity contribution in [2.75, 3.05) is 20.3 Å². The number of nitrogens with zero attached hydrogens (tertiary/aromatic N) is 1. The zero-order valence-corrected chi connectivity index (χ0v) is 10.9. The summed E-state index contributed by atoms with van der Waals surface area (Å²) in [7, 11) is 1.56. The van der Waals surface area contributed by atoms with Crippen molar-refractivity contribution in [1.82, 2.24) is 10.7 Å². The van der Waals surface area contributed by atoms with Crippen molar-refractivity contribution in [2.45, 2.75) is 13.3 Å². The van der Waals surface area contributed by atoms with E-state index >= 15 is 0 Å². The first-order chi connectivity index (χ1) is 9.13. The van der Waals surface area contributed by atoms with Gasteiger partial charge in [0.25, 0.3) is 0 Å². The fraction of sp³-hybridized carbons (Fsp3) is 0.417. The molecule has 0 atom stereocenters. The molecule has 2 amide bonds. The van der Waals surface area contributed by atoms with Crippen LogP contribution >= 0.6 is 0 Å². The Balaban J connectivity index is 2.32. The molecule has 0 aliphatic heterocycles. The van der Waals surface area contributed by atoms with Crippen LogP contribution in [0.2, 0.25) is 0 Å². The van der Waals surface area contributed by atoms with E-state index in [-0.39, 0.29) is 18.1 Å². The van der Waals surface area contributed by atoms with Crippen LogP contribution < -0.4 is 10.7 Å². The molecule has 0 saturated heterocycles. The van der Waals surface area contributed by atoms with Gasteiger partial charge in [0.1, 0.15) is 0 Å². The van der Waals surface area contributed by atoms with E-state index < -0.39 is 5.91 Å². The van der Waals surface area contributed by atoms with Crippen LogP contribution in [0.25, 0.3) is 0 Å². The molecule has 0 unspecified atom stereocenters. The van der Waals surface area contributed by atoms with Gasteiger partial charge in [-0.15, -0.1) is 0 Å². The van der Waals surface area contributed by atoms with Gasteiger partial charge in [-0.3, -0.25) is 9.59 Å². The number of hydrogen-bond donors (Lipinski definition) is 2. The lowest BCUT2D eigenvalue weighted by molar-refractivity contribution is -0.120. The number of carbonyl (C=O) groups is 2. The maximum absolute atomic E-state index is 11.5. The molecule has 19 heavy (non-hydrogen) atoms. The number of furan rings is 1. The molecule has 0 radical (unpaired) electrons. The molecule has 0 bridgehead atoms. The van der Waals surface area contributed by atoms with Gasteiger partial charge in [0, 0.05) is 19.4 Å². The van der Waals surface area contributed by atoms with Crippen LogP contribution in [-0.4, -0.2) is 37.8 Å². The van der Waals surface area contributed by atoms with Crippen molar-refractivity contribution in [3.63, 3.8) is 0 Å². The van der Waals surface area contributed by atoms with Gasteiger partial charge in [0.05, 0.1) is 19.3 Å². The molecule has 0 aromatic carbocycles. The van der Waals surface area contributed by atoms with E-state index in [0.717, 1.165) is 0 Å². The molecule has 7 heteroatoms. The zero-order valence-electron chi connectivity index (χ0n) is 10.9. The minimum absolute atomic E-state index is 0.113. The third-order valence-electron chi connectivity index (χ3n) is 2.14. The monoisotopic (exact) mass is 267 g/mol. The Morgan fingerprint density at radius 1 is 1.47 bits per heavy atom. The van der Waals surface area contributed by atoms with Gasteiger partial charge in [0.15, 0.2) is 5.76 Å². The molecule has 1 rings (SSSR count). The van der Waals surface area contributed by atoms with Crippen molar-refractivity contribution in [3.8, 4) is 0 Å². The predicted octanol–water partition coefficient (Wildman–Crippen LogP) is 0.538. The number of rotatable bonds is 7. The maximum Gasteiger partial charge on any atom is 0.307 e. The van der Waals surface area contributed by atoms with Crippen molar-refractivity contribution in [3.05, 3.63) is 24.2 Å². The Kier molecular flexibility index (Phi) is 6.31. The van der Waals surface area contributed by atoms with E-state index in [1.807, 2.05) is 0 Å². The zero-order chi connectivity index (χ0) is 14.1. The second kappa shape index (κ2) is 8.04. The second-order valence-corrected chi connectivity index (χ2v) is 3.78. The van der Waals surface area contributed by atoms with Crippen LogP contribution in [0.3, 0.4) is 0 Å². The van der Waals surface area contributed by atoms with Crippen LogP contribution in [0.15, 0.2) is 27.9 Å². The Bertz CT molecular complexity index is 440. The summed E-state index contributed by atoms with van der Waals surface area (Å²) in [4.78, 5) is 22.9. The minimum atomic E-state index is -0.454. The molecule has 1 aromatic rings. The molecule has 1 heterocycles. The van der Waals surface area contributed by atoms with E-state index in [9.17, 15) is 9.59 Å². The summed E-state index contributed by atoms with van der Waals surface area (Å²) in [6.07, 6.45) is 1.51. The first kappa shape index (κ1) is 14.9. The smallest absolute Gasteiger partial charge is 0.307 e. The number of amides is 2. The minimum Gasteiger partial charge on any atom is -0.459 e. The number of hydrazone groups is 1. The Morgan fingerprint density at radius 3 is 2.89 bits per heavy atom. The average Bonchev–Trinajstić information content (AvgIpc) is 2.90. The van der Waals surface area contributed by atoms with Gasteiger partial charge in [-0.05, 0) is 19.1 Å². The van der Waals surface area contributed by atoms with Gasteiger partial charge in [0.2, 0.25) is 5.91 Å². The van der Waals surface area contributed by atoms with E-state index in [4.69, 9.17) is 9.15 Å². The van der Waals surface area contributed by atoms with E-state index in [1.54, 1.807) is 20.1 Å². The van der Waals surface area contributed by atoms with Crippen LogP contribution in [-0.2, 0) is 9.53 Å². The highest BCUT2D eigenvalue weighted by Crippen LogP contribution is 1.99. The molecule has 0 aliphatic carbocycles. The van der Waals surface area contributed by atoms with Gasteiger partial charge >= 0.3 is 5.91 Å². The predicted molar refractivity (Wildman–Crippen MR) is 68.8 cm³/mol. The third kappa shape index (κ3) is 5.82. The standard InChI is InChI=1S/C12H17N3O4/c1-9(8-11(16)13-5-7-18-2)14-15-12(17)10-4-3-6-19-10/h3-4,6H,5,7-8H2,1-2H3,(H,13,16)(H,15,17)/b14-9-. The van der Waals surface area contributed by atoms with Crippen LogP contribution in [0.5, 0.6) is 0 Å². The van der Waals surface area contributed by atoms with E-state index in [1.165, 1.54) is 12.3 Å². The molecule has 104 valence electrons. The lowest BCUT2D eigenvalue weighted by Gasteiger charge is -2.04. The lowest BCUT2D eigenvalue weighted by Crippen LogP contribution is -2.29. The summed E-state index contributed by atoms with van der Waals surface area (Å²) in [5.74, 6) is -0.462. The van der Waals surface area contributed by atoms with Gasteiger partial charge in [-0.25, -0.2) is 5.43 Å². The van der Waals surface area contributed by atoms with Crippen molar-refractivity contribution >= 4 is 17.5 Å². The number of ether oxygens (including phenoxy) is 1. The van der Waals surface area contributed by atoms with Gasteiger partial charge in [-0.1, -0.05) is 0 Å². The molecule has 0 spiro atoms. The number of carbonyl (C=O) groups excluding carboxylic acids is 2. The molecule has 2 N–H and O–H groups in total. The summed E-state index contributed by atoms with van der Waals surface area (Å²) in [6, 6.07) is 3.13. The Morgan fingerprint density at radius 2 is 2.26 bits per heavy atom. The highest BCUT2D eigenvalue weighted by Gasteiger charge is 2.08. The number of nitrogens with one attached hydrogen (secondary N) is 2. The van der Waals surface area contributed by atoms with Crippen molar-refractivity contribution in [2.24, 2.45) is 5.10 Å². The fourth-order valence-electron chi connectivity index (χ4n) is 1.24. The fourth-order valence-corrected chi connectivity index (χ4v) is 1.24. The SMILES string of the molecule is COCCNC(=O)C/C(C)=N\NC(=O)c1ccco1. The number of hydrogen-bond acceptors (Lipinski definition) is 5. The Hall–Kier alpha value is -2.15. The van der Waals surface area contributed by atoms with Gasteiger partial charge in [-0.2, -0.15) is 5.10 Å². The lowest BCUT2D eigenvalue weighted by atomic mass is 10.3. The topological polar surface area (TPSA) is 92.9 Å². The van der Waals surface area contributed by atoms with Crippen LogP contribution in [0, 0.1) is 0 Å². The summed E-state index contributed by atoms with van der Waals surface area (Å²) in [5, 5.41) is 6.47. The molecular formula is C12H17N3O4. The second-order valence-electron chi connectivity index (χ2n) is 3.78. The van der Waals surface area contributed by atoms with E-state index in [0.29, 0.717) is 18.9 Å². The first-order valence-corrected chi connectivity index (χ1v) is 5.76. The summed E-state index contributed by atoms with van der Waals surface area (Å²) in [5.41, 5.74) is 2.80. The summed E-state index contributed by atoms with van der Waals surface area (Å²) in [6.45, 7) is 2.55. The molecule has 0 aliphatic rings. The maximum atomic E-state index is 11.5. The van der Waals surface area contributed by atoms with Crippen molar-refractivity contribution < 1.29 is 18.7 Å². The van der Waals surface area contributed by atoms with Crippen LogP contribution in [0.4, 0.5) is 0 Å². The van der Waals surface area contributed by atoms with Crippen molar-refractivity contribution in [1.29, 1.82) is 0 Å². The Labute approximate surface area is 111 Å². The highest BCUT2D eigenvalue weighted by molar-refractivity contribution is 6.00. The summed E-state index contributed by atoms with van der Waals surface area (Å²) < 4.78 is 9.70.